The summed E-state index contributed by atoms with van der Waals surface area (Å²) in [6.45, 7) is 6.02. The van der Waals surface area contributed by atoms with Crippen LogP contribution in [0.1, 0.15) is 44.1 Å². The third-order valence-electron chi connectivity index (χ3n) is 6.48. The molecule has 0 aromatic heterocycles. The van der Waals surface area contributed by atoms with Gasteiger partial charge in [0.2, 0.25) is 0 Å². The van der Waals surface area contributed by atoms with Crippen LogP contribution in [-0.2, 0) is 16.0 Å². The molecule has 172 valence electrons. The molecule has 0 radical (unpaired) electrons. The molecular weight excluding hydrogens is 421 g/mol. The number of nitrogens with zero attached hydrogens (tertiary/aromatic N) is 1. The van der Waals surface area contributed by atoms with Gasteiger partial charge < -0.3 is 20.3 Å². The van der Waals surface area contributed by atoms with E-state index in [1.807, 2.05) is 0 Å². The van der Waals surface area contributed by atoms with Crippen LogP contribution in [-0.4, -0.2) is 62.8 Å². The lowest BCUT2D eigenvalue weighted by Gasteiger charge is -2.34. The summed E-state index contributed by atoms with van der Waals surface area (Å²) in [5.74, 6) is 0.895. The number of nitrogens with one attached hydrogen (secondary N) is 2. The number of likely N-dealkylation sites (tertiary alicyclic amines) is 1. The second-order valence-corrected chi connectivity index (χ2v) is 8.39. The highest BCUT2D eigenvalue weighted by molar-refractivity contribution is 5.86. The van der Waals surface area contributed by atoms with E-state index in [2.05, 4.69) is 45.9 Å². The molecule has 30 heavy (non-hydrogen) atoms. The zero-order valence-corrected chi connectivity index (χ0v) is 19.9. The van der Waals surface area contributed by atoms with Crippen LogP contribution in [0.4, 0.5) is 0 Å². The quantitative estimate of drug-likeness (QED) is 0.555. The maximum Gasteiger partial charge on any atom is 0.252 e. The van der Waals surface area contributed by atoms with E-state index < -0.39 is 5.60 Å². The van der Waals surface area contributed by atoms with E-state index in [0.29, 0.717) is 0 Å². The summed E-state index contributed by atoms with van der Waals surface area (Å²) in [6.07, 6.45) is 7.52. The minimum absolute atomic E-state index is 0. The molecule has 2 N–H and O–H groups in total. The largest absolute Gasteiger partial charge is 0.368 e. The molecule has 1 aromatic carbocycles. The molecule has 7 heteroatoms. The first-order valence-electron chi connectivity index (χ1n) is 11.0. The van der Waals surface area contributed by atoms with Gasteiger partial charge in [0.1, 0.15) is 5.60 Å². The standard InChI is InChI=1S/C23H37N3O2.2ClH/c1-28-23(11-14-24-15-12-23)22(27)25-13-5-6-16-26-17-9-21(10-18-26)19-20-7-3-2-4-8-20;;/h2-4,7-8,21,24H,5-6,9-19H2,1H3,(H,25,27);2*1H. The second kappa shape index (κ2) is 14.3. The molecule has 2 heterocycles. The summed E-state index contributed by atoms with van der Waals surface area (Å²) < 4.78 is 5.59. The van der Waals surface area contributed by atoms with E-state index in [4.69, 9.17) is 4.74 Å². The number of unbranched alkanes of at least 4 members (excludes halogenated alkanes) is 1. The van der Waals surface area contributed by atoms with Crippen LogP contribution < -0.4 is 10.6 Å². The van der Waals surface area contributed by atoms with Crippen molar-refractivity contribution in [3.63, 3.8) is 0 Å². The fourth-order valence-electron chi connectivity index (χ4n) is 4.54. The number of hydrogen-bond acceptors (Lipinski definition) is 4. The SMILES string of the molecule is COC1(C(=O)NCCCCN2CCC(Cc3ccccc3)CC2)CCNCC1.Cl.Cl. The Labute approximate surface area is 194 Å². The van der Waals surface area contributed by atoms with Gasteiger partial charge in [-0.25, -0.2) is 0 Å². The number of ether oxygens (including phenoxy) is 1. The first-order valence-corrected chi connectivity index (χ1v) is 11.0. The number of hydrogen-bond donors (Lipinski definition) is 2. The topological polar surface area (TPSA) is 53.6 Å². The van der Waals surface area contributed by atoms with Crippen molar-refractivity contribution in [3.8, 4) is 0 Å². The third-order valence-corrected chi connectivity index (χ3v) is 6.48. The number of rotatable bonds is 9. The Hall–Kier alpha value is -0.850. The number of carbonyl (C=O) groups excluding carboxylic acids is 1. The Balaban J connectivity index is 0.00000225. The molecule has 2 aliphatic rings. The normalized spacial score (nSPS) is 19.4. The Morgan fingerprint density at radius 2 is 1.80 bits per heavy atom. The molecule has 0 aliphatic carbocycles. The van der Waals surface area contributed by atoms with Crippen LogP contribution in [0, 0.1) is 5.92 Å². The fraction of sp³-hybridized carbons (Fsp3) is 0.696. The molecule has 2 saturated heterocycles. The van der Waals surface area contributed by atoms with Crippen LogP contribution in [0.25, 0.3) is 0 Å². The minimum atomic E-state index is -0.619. The maximum atomic E-state index is 12.5. The molecule has 2 aliphatic heterocycles. The van der Waals surface area contributed by atoms with Crippen molar-refractivity contribution >= 4 is 30.7 Å². The second-order valence-electron chi connectivity index (χ2n) is 8.39. The molecule has 0 unspecified atom stereocenters. The summed E-state index contributed by atoms with van der Waals surface area (Å²) >= 11 is 0. The smallest absolute Gasteiger partial charge is 0.252 e. The van der Waals surface area contributed by atoms with E-state index >= 15 is 0 Å². The summed E-state index contributed by atoms with van der Waals surface area (Å²) in [7, 11) is 1.66. The number of methoxy groups -OCH3 is 1. The van der Waals surface area contributed by atoms with Crippen molar-refractivity contribution in [1.29, 1.82) is 0 Å². The van der Waals surface area contributed by atoms with E-state index in [0.717, 1.165) is 57.8 Å². The molecule has 1 amide bonds. The molecule has 5 nitrogen and oxygen atoms in total. The van der Waals surface area contributed by atoms with Gasteiger partial charge in [-0.05, 0) is 89.2 Å². The molecule has 0 saturated carbocycles. The summed E-state index contributed by atoms with van der Waals surface area (Å²) in [5.41, 5.74) is 0.852. The highest BCUT2D eigenvalue weighted by Gasteiger charge is 2.39. The van der Waals surface area contributed by atoms with Crippen molar-refractivity contribution in [2.45, 2.75) is 50.5 Å². The van der Waals surface area contributed by atoms with E-state index in [9.17, 15) is 4.79 Å². The van der Waals surface area contributed by atoms with Crippen LogP contribution in [0.15, 0.2) is 30.3 Å². The van der Waals surface area contributed by atoms with Gasteiger partial charge in [0.25, 0.3) is 5.91 Å². The first kappa shape index (κ1) is 27.2. The van der Waals surface area contributed by atoms with Crippen LogP contribution >= 0.6 is 24.8 Å². The number of amides is 1. The zero-order chi connectivity index (χ0) is 19.7. The Morgan fingerprint density at radius 3 is 2.43 bits per heavy atom. The van der Waals surface area contributed by atoms with Crippen LogP contribution in [0.2, 0.25) is 0 Å². The van der Waals surface area contributed by atoms with Gasteiger partial charge in [0.05, 0.1) is 0 Å². The van der Waals surface area contributed by atoms with Gasteiger partial charge >= 0.3 is 0 Å². The van der Waals surface area contributed by atoms with Gasteiger partial charge in [-0.1, -0.05) is 30.3 Å². The molecular formula is C23H39Cl2N3O2. The summed E-state index contributed by atoms with van der Waals surface area (Å²) in [5, 5.41) is 6.40. The lowest BCUT2D eigenvalue weighted by atomic mass is 9.90. The van der Waals surface area contributed by atoms with Crippen molar-refractivity contribution in [2.75, 3.05) is 46.4 Å². The van der Waals surface area contributed by atoms with Crippen molar-refractivity contribution < 1.29 is 9.53 Å². The molecule has 0 bridgehead atoms. The number of piperidine rings is 2. The van der Waals surface area contributed by atoms with E-state index in [1.54, 1.807) is 7.11 Å². The average Bonchev–Trinajstić information content (AvgIpc) is 2.75. The van der Waals surface area contributed by atoms with Gasteiger partial charge in [-0.15, -0.1) is 24.8 Å². The van der Waals surface area contributed by atoms with Crippen molar-refractivity contribution in [1.82, 2.24) is 15.5 Å². The predicted molar refractivity (Wildman–Crippen MR) is 128 cm³/mol. The molecule has 2 fully saturated rings. The molecule has 0 spiro atoms. The molecule has 1 aromatic rings. The Bertz CT molecular complexity index is 589. The third kappa shape index (κ3) is 8.01. The summed E-state index contributed by atoms with van der Waals surface area (Å²) in [4.78, 5) is 15.1. The van der Waals surface area contributed by atoms with E-state index in [-0.39, 0.29) is 30.7 Å². The number of benzene rings is 1. The Morgan fingerprint density at radius 1 is 1.13 bits per heavy atom. The van der Waals surface area contributed by atoms with E-state index in [1.165, 1.54) is 37.9 Å². The zero-order valence-electron chi connectivity index (χ0n) is 18.2. The maximum absolute atomic E-state index is 12.5. The Kier molecular flexibility index (Phi) is 12.9. The van der Waals surface area contributed by atoms with Crippen molar-refractivity contribution in [3.05, 3.63) is 35.9 Å². The summed E-state index contributed by atoms with van der Waals surface area (Å²) in [6, 6.07) is 10.9. The van der Waals surface area contributed by atoms with Crippen LogP contribution in [0.5, 0.6) is 0 Å². The lowest BCUT2D eigenvalue weighted by molar-refractivity contribution is -0.146. The molecule has 0 atom stereocenters. The average molecular weight is 460 g/mol. The van der Waals surface area contributed by atoms with Gasteiger partial charge in [0.15, 0.2) is 0 Å². The monoisotopic (exact) mass is 459 g/mol. The van der Waals surface area contributed by atoms with Gasteiger partial charge in [-0.3, -0.25) is 4.79 Å². The predicted octanol–water partition coefficient (Wildman–Crippen LogP) is 3.45. The highest BCUT2D eigenvalue weighted by Crippen LogP contribution is 2.23. The fourth-order valence-corrected chi connectivity index (χ4v) is 4.54. The van der Waals surface area contributed by atoms with Crippen molar-refractivity contribution in [2.24, 2.45) is 5.92 Å². The highest BCUT2D eigenvalue weighted by atomic mass is 35.5. The van der Waals surface area contributed by atoms with Gasteiger partial charge in [0, 0.05) is 13.7 Å². The molecule has 3 rings (SSSR count). The number of halogens is 2. The lowest BCUT2D eigenvalue weighted by Crippen LogP contribution is -2.54. The number of carbonyl (C=O) groups is 1. The van der Waals surface area contributed by atoms with Crippen LogP contribution in [0.3, 0.4) is 0 Å². The first-order chi connectivity index (χ1) is 13.7. The minimum Gasteiger partial charge on any atom is -0.368 e. The van der Waals surface area contributed by atoms with Gasteiger partial charge in [-0.2, -0.15) is 0 Å².